The average molecular weight is 820 g/mol. The van der Waals surface area contributed by atoms with Gasteiger partial charge in [0.2, 0.25) is 17.7 Å². The lowest BCUT2D eigenvalue weighted by Gasteiger charge is -2.43. The van der Waals surface area contributed by atoms with E-state index in [0.29, 0.717) is 55.7 Å². The quantitative estimate of drug-likeness (QED) is 0.220. The average Bonchev–Trinajstić information content (AvgIpc) is 3.11. The van der Waals surface area contributed by atoms with E-state index < -0.39 is 41.5 Å². The first-order valence-corrected chi connectivity index (χ1v) is 17.7. The zero-order chi connectivity index (χ0) is 38.7. The summed E-state index contributed by atoms with van der Waals surface area (Å²) in [6, 6.07) is 15.7. The van der Waals surface area contributed by atoms with E-state index in [4.69, 9.17) is 23.2 Å². The first-order valence-electron chi connectivity index (χ1n) is 16.9. The highest BCUT2D eigenvalue weighted by Crippen LogP contribution is 2.38. The van der Waals surface area contributed by atoms with Gasteiger partial charge in [0.1, 0.15) is 0 Å². The first-order chi connectivity index (χ1) is 24.9. The number of nitrogens with zero attached hydrogens (tertiary/aromatic N) is 3. The molecule has 3 amide bonds. The Balaban J connectivity index is 0.00000650. The van der Waals surface area contributed by atoms with E-state index in [9.17, 15) is 40.7 Å². The Morgan fingerprint density at radius 1 is 0.852 bits per heavy atom. The van der Waals surface area contributed by atoms with Gasteiger partial charge < -0.3 is 20.0 Å². The van der Waals surface area contributed by atoms with Gasteiger partial charge in [0, 0.05) is 65.2 Å². The molecule has 5 rings (SSSR count). The number of hydrogen-bond acceptors (Lipinski definition) is 4. The number of likely N-dealkylation sites (N-methyl/N-ethyl adjacent to an activating group) is 1. The summed E-state index contributed by atoms with van der Waals surface area (Å²) in [5.41, 5.74) is -1.57. The van der Waals surface area contributed by atoms with Gasteiger partial charge in [-0.1, -0.05) is 59.6 Å². The Kier molecular flexibility index (Phi) is 13.8. The normalized spacial score (nSPS) is 16.4. The predicted octanol–water partition coefficient (Wildman–Crippen LogP) is 8.61. The van der Waals surface area contributed by atoms with Crippen molar-refractivity contribution in [2.24, 2.45) is 0 Å². The van der Waals surface area contributed by atoms with Crippen LogP contribution in [0.5, 0.6) is 0 Å². The molecule has 0 atom stereocenters. The third-order valence-electron chi connectivity index (χ3n) is 9.73. The highest BCUT2D eigenvalue weighted by atomic mass is 35.5. The van der Waals surface area contributed by atoms with Gasteiger partial charge in [0.05, 0.1) is 26.7 Å². The third-order valence-corrected chi connectivity index (χ3v) is 10.5. The summed E-state index contributed by atoms with van der Waals surface area (Å²) in [6.45, 7) is 2.92. The summed E-state index contributed by atoms with van der Waals surface area (Å²) in [6.07, 6.45) is -8.47. The molecule has 2 heterocycles. The Labute approximate surface area is 325 Å². The zero-order valence-electron chi connectivity index (χ0n) is 29.4. The van der Waals surface area contributed by atoms with Gasteiger partial charge in [-0.2, -0.15) is 26.3 Å². The number of likely N-dealkylation sites (tertiary alicyclic amines) is 1. The van der Waals surface area contributed by atoms with Crippen molar-refractivity contribution in [1.29, 1.82) is 0 Å². The van der Waals surface area contributed by atoms with Crippen LogP contribution in [0.25, 0.3) is 5.57 Å². The van der Waals surface area contributed by atoms with E-state index in [-0.39, 0.29) is 77.4 Å². The van der Waals surface area contributed by atoms with Crippen LogP contribution in [-0.4, -0.2) is 72.2 Å². The van der Waals surface area contributed by atoms with Crippen molar-refractivity contribution in [3.05, 3.63) is 110 Å². The number of amides is 3. The van der Waals surface area contributed by atoms with Crippen LogP contribution in [0.1, 0.15) is 60.4 Å². The van der Waals surface area contributed by atoms with Crippen molar-refractivity contribution < 1.29 is 40.7 Å². The molecule has 1 N–H and O–H groups in total. The molecule has 292 valence electrons. The second-order valence-corrected chi connectivity index (χ2v) is 14.3. The van der Waals surface area contributed by atoms with Crippen molar-refractivity contribution in [3.8, 4) is 0 Å². The van der Waals surface area contributed by atoms with E-state index in [1.807, 2.05) is 30.3 Å². The molecular formula is C38H39Cl3F6N4O3. The van der Waals surface area contributed by atoms with Crippen LogP contribution in [0.2, 0.25) is 10.0 Å². The molecule has 0 saturated carbocycles. The molecule has 0 spiro atoms. The number of carbonyl (C=O) groups excluding carboxylic acids is 3. The second-order valence-electron chi connectivity index (χ2n) is 13.4. The van der Waals surface area contributed by atoms with Gasteiger partial charge >= 0.3 is 12.4 Å². The molecule has 1 fully saturated rings. The lowest BCUT2D eigenvalue weighted by Crippen LogP contribution is -2.53. The summed E-state index contributed by atoms with van der Waals surface area (Å²) < 4.78 is 81.0. The van der Waals surface area contributed by atoms with Gasteiger partial charge in [-0.05, 0) is 71.9 Å². The van der Waals surface area contributed by atoms with Gasteiger partial charge in [0.15, 0.2) is 0 Å². The molecule has 0 unspecified atom stereocenters. The summed E-state index contributed by atoms with van der Waals surface area (Å²) in [5, 5.41) is 3.59. The van der Waals surface area contributed by atoms with Crippen molar-refractivity contribution in [2.45, 2.75) is 57.0 Å². The van der Waals surface area contributed by atoms with Crippen LogP contribution in [0.15, 0.2) is 72.3 Å². The predicted molar refractivity (Wildman–Crippen MR) is 197 cm³/mol. The number of carbonyl (C=O) groups is 3. The summed E-state index contributed by atoms with van der Waals surface area (Å²) in [4.78, 5) is 44.4. The van der Waals surface area contributed by atoms with Crippen LogP contribution < -0.4 is 5.32 Å². The van der Waals surface area contributed by atoms with Crippen LogP contribution in [0.4, 0.5) is 26.3 Å². The molecular weight excluding hydrogens is 781 g/mol. The third kappa shape index (κ3) is 10.3. The van der Waals surface area contributed by atoms with E-state index in [1.54, 1.807) is 17.0 Å². The molecule has 0 aromatic heterocycles. The molecule has 7 nitrogen and oxygen atoms in total. The minimum Gasteiger partial charge on any atom is -0.347 e. The molecule has 16 heteroatoms. The standard InChI is InChI=1S/C38H38Cl2F6N4O3.ClH/c1-24(51)47-36(27-6-4-3-5-7-27)12-16-49(17-13-36)14-11-34(52)50-15-10-30(31(23-50)26-8-9-32(39)33(40)20-26)35(53)48(2)22-25-18-28(37(41,42)43)21-29(19-25)38(44,45)46;/h3-9,18-21H,10-17,22-23H2,1-2H3,(H,47,51);1H. The minimum absolute atomic E-state index is 0. The Bertz CT molecular complexity index is 1850. The lowest BCUT2D eigenvalue weighted by atomic mass is 9.80. The maximum atomic E-state index is 13.9. The summed E-state index contributed by atoms with van der Waals surface area (Å²) in [5.74, 6) is -0.893. The number of hydrogen-bond donors (Lipinski definition) is 1. The largest absolute Gasteiger partial charge is 0.416 e. The fourth-order valence-corrected chi connectivity index (χ4v) is 7.30. The molecule has 2 aliphatic heterocycles. The highest BCUT2D eigenvalue weighted by Gasteiger charge is 2.39. The summed E-state index contributed by atoms with van der Waals surface area (Å²) >= 11 is 12.5. The van der Waals surface area contributed by atoms with E-state index in [1.165, 1.54) is 20.0 Å². The van der Waals surface area contributed by atoms with E-state index in [2.05, 4.69) is 10.2 Å². The van der Waals surface area contributed by atoms with Crippen LogP contribution in [0, 0.1) is 0 Å². The van der Waals surface area contributed by atoms with Crippen molar-refractivity contribution in [2.75, 3.05) is 39.8 Å². The van der Waals surface area contributed by atoms with E-state index >= 15 is 0 Å². The smallest absolute Gasteiger partial charge is 0.347 e. The maximum absolute atomic E-state index is 13.9. The number of rotatable bonds is 9. The zero-order valence-corrected chi connectivity index (χ0v) is 31.7. The Morgan fingerprint density at radius 3 is 2.02 bits per heavy atom. The molecule has 0 radical (unpaired) electrons. The Morgan fingerprint density at radius 2 is 1.46 bits per heavy atom. The summed E-state index contributed by atoms with van der Waals surface area (Å²) in [7, 11) is 1.30. The fraction of sp³-hybridized carbons (Fsp3) is 0.395. The number of nitrogens with one attached hydrogen (secondary N) is 1. The van der Waals surface area contributed by atoms with Crippen molar-refractivity contribution in [3.63, 3.8) is 0 Å². The highest BCUT2D eigenvalue weighted by molar-refractivity contribution is 6.42. The molecule has 0 bridgehead atoms. The van der Waals surface area contributed by atoms with Gasteiger partial charge in [-0.25, -0.2) is 0 Å². The minimum atomic E-state index is -5.03. The Hall–Kier alpha value is -3.78. The molecule has 3 aromatic rings. The maximum Gasteiger partial charge on any atom is 0.416 e. The topological polar surface area (TPSA) is 73.0 Å². The van der Waals surface area contributed by atoms with Gasteiger partial charge in [-0.15, -0.1) is 12.4 Å². The van der Waals surface area contributed by atoms with Crippen LogP contribution in [0.3, 0.4) is 0 Å². The number of alkyl halides is 6. The molecule has 3 aromatic carbocycles. The second kappa shape index (κ2) is 17.3. The first kappa shape index (κ1) is 43.0. The van der Waals surface area contributed by atoms with Crippen molar-refractivity contribution in [1.82, 2.24) is 20.0 Å². The van der Waals surface area contributed by atoms with Crippen LogP contribution in [-0.2, 0) is 38.8 Å². The van der Waals surface area contributed by atoms with Gasteiger partial charge in [-0.3, -0.25) is 14.4 Å². The molecule has 54 heavy (non-hydrogen) atoms. The fourth-order valence-electron chi connectivity index (χ4n) is 7.00. The van der Waals surface area contributed by atoms with Crippen LogP contribution >= 0.6 is 35.6 Å². The SMILES string of the molecule is CC(=O)NC1(c2ccccc2)CCN(CCC(=O)N2CCC(C(=O)N(C)Cc3cc(C(F)(F)F)cc(C(F)(F)F)c3)=C(c3ccc(Cl)c(Cl)c3)C2)CC1.Cl. The molecule has 1 saturated heterocycles. The monoisotopic (exact) mass is 818 g/mol. The number of halogens is 9. The van der Waals surface area contributed by atoms with Gasteiger partial charge in [0.25, 0.3) is 0 Å². The number of piperidine rings is 1. The molecule has 0 aliphatic carbocycles. The molecule has 2 aliphatic rings. The lowest BCUT2D eigenvalue weighted by molar-refractivity contribution is -0.143. The number of benzene rings is 3. The van der Waals surface area contributed by atoms with E-state index in [0.717, 1.165) is 10.5 Å². The van der Waals surface area contributed by atoms with Crippen molar-refractivity contribution >= 4 is 58.9 Å².